The van der Waals surface area contributed by atoms with Crippen molar-refractivity contribution < 1.29 is 9.90 Å². The van der Waals surface area contributed by atoms with Crippen LogP contribution in [0.5, 0.6) is 0 Å². The first-order valence-corrected chi connectivity index (χ1v) is 4.96. The van der Waals surface area contributed by atoms with Crippen LogP contribution in [0.1, 0.15) is 24.7 Å². The number of tetrazole rings is 1. The van der Waals surface area contributed by atoms with E-state index in [1.54, 1.807) is 4.68 Å². The lowest BCUT2D eigenvalue weighted by molar-refractivity contribution is -0.136. The highest BCUT2D eigenvalue weighted by Crippen LogP contribution is 2.18. The van der Waals surface area contributed by atoms with Crippen molar-refractivity contribution in [2.75, 3.05) is 13.1 Å². The van der Waals surface area contributed by atoms with Gasteiger partial charge in [-0.25, -0.2) is 4.68 Å². The number of carbonyl (C=O) groups is 1. The normalized spacial score (nSPS) is 17.9. The molecule has 1 saturated heterocycles. The van der Waals surface area contributed by atoms with Gasteiger partial charge in [-0.2, -0.15) is 0 Å². The molecule has 0 unspecified atom stereocenters. The topological polar surface area (TPSA) is 92.9 Å². The second kappa shape index (κ2) is 4.35. The van der Waals surface area contributed by atoms with Gasteiger partial charge < -0.3 is 10.4 Å². The summed E-state index contributed by atoms with van der Waals surface area (Å²) >= 11 is 0. The molecule has 15 heavy (non-hydrogen) atoms. The summed E-state index contributed by atoms with van der Waals surface area (Å²) in [6, 6.07) is 0.232. The minimum absolute atomic E-state index is 0.114. The number of aliphatic carboxylic acids is 1. The third kappa shape index (κ3) is 2.30. The van der Waals surface area contributed by atoms with Gasteiger partial charge in [0.25, 0.3) is 0 Å². The molecule has 0 spiro atoms. The number of carboxylic acid groups (broad SMARTS) is 1. The van der Waals surface area contributed by atoms with E-state index in [0.29, 0.717) is 5.82 Å². The Morgan fingerprint density at radius 3 is 2.93 bits per heavy atom. The summed E-state index contributed by atoms with van der Waals surface area (Å²) in [4.78, 5) is 10.6. The molecule has 1 fully saturated rings. The van der Waals surface area contributed by atoms with Crippen LogP contribution in [0.15, 0.2) is 0 Å². The molecule has 0 bridgehead atoms. The summed E-state index contributed by atoms with van der Waals surface area (Å²) in [5.74, 6) is -0.464. The van der Waals surface area contributed by atoms with E-state index in [1.807, 2.05) is 0 Å². The monoisotopic (exact) mass is 211 g/mol. The van der Waals surface area contributed by atoms with Crippen molar-refractivity contribution in [1.29, 1.82) is 0 Å². The van der Waals surface area contributed by atoms with Crippen LogP contribution >= 0.6 is 0 Å². The molecule has 7 heteroatoms. The third-order valence-electron chi connectivity index (χ3n) is 2.52. The van der Waals surface area contributed by atoms with E-state index in [2.05, 4.69) is 20.8 Å². The molecule has 2 heterocycles. The molecule has 82 valence electrons. The maximum atomic E-state index is 10.6. The molecule has 0 atom stereocenters. The van der Waals surface area contributed by atoms with Crippen LogP contribution in [0, 0.1) is 0 Å². The average Bonchev–Trinajstić information content (AvgIpc) is 2.66. The predicted octanol–water partition coefficient (Wildman–Crippen LogP) is -0.775. The molecule has 1 aliphatic rings. The van der Waals surface area contributed by atoms with E-state index >= 15 is 0 Å². The molecule has 0 saturated carbocycles. The molecule has 1 aromatic rings. The quantitative estimate of drug-likeness (QED) is 0.681. The first-order valence-electron chi connectivity index (χ1n) is 4.96. The number of hydrogen-bond donors (Lipinski definition) is 2. The zero-order valence-electron chi connectivity index (χ0n) is 8.26. The van der Waals surface area contributed by atoms with Crippen LogP contribution in [-0.4, -0.2) is 44.4 Å². The number of rotatable bonds is 3. The Hall–Kier alpha value is -1.50. The van der Waals surface area contributed by atoms with Crippen molar-refractivity contribution >= 4 is 5.97 Å². The fraction of sp³-hybridized carbons (Fsp3) is 0.750. The van der Waals surface area contributed by atoms with Gasteiger partial charge in [-0.1, -0.05) is 0 Å². The number of piperidine rings is 1. The SMILES string of the molecule is O=C(O)Cc1nnnn1C1CCNCC1. The van der Waals surface area contributed by atoms with E-state index < -0.39 is 5.97 Å². The van der Waals surface area contributed by atoms with E-state index in [-0.39, 0.29) is 12.5 Å². The Labute approximate surface area is 86.5 Å². The van der Waals surface area contributed by atoms with Gasteiger partial charge in [-0.05, 0) is 36.4 Å². The van der Waals surface area contributed by atoms with Crippen LogP contribution in [0.2, 0.25) is 0 Å². The van der Waals surface area contributed by atoms with E-state index in [4.69, 9.17) is 5.11 Å². The standard InChI is InChI=1S/C8H13N5O2/c14-8(15)5-7-10-11-12-13(7)6-1-3-9-4-2-6/h6,9H,1-5H2,(H,14,15). The van der Waals surface area contributed by atoms with Crippen LogP contribution in [0.3, 0.4) is 0 Å². The first kappa shape index (κ1) is 10.0. The van der Waals surface area contributed by atoms with Crippen molar-refractivity contribution in [3.8, 4) is 0 Å². The minimum Gasteiger partial charge on any atom is -0.481 e. The van der Waals surface area contributed by atoms with E-state index in [0.717, 1.165) is 25.9 Å². The van der Waals surface area contributed by atoms with Crippen LogP contribution in [0.4, 0.5) is 0 Å². The number of aromatic nitrogens is 4. The molecule has 0 amide bonds. The maximum absolute atomic E-state index is 10.6. The second-order valence-corrected chi connectivity index (χ2v) is 3.59. The highest BCUT2D eigenvalue weighted by Gasteiger charge is 2.20. The summed E-state index contributed by atoms with van der Waals surface area (Å²) in [5.41, 5.74) is 0. The Bertz CT molecular complexity index is 345. The van der Waals surface area contributed by atoms with Gasteiger partial charge in [0.15, 0.2) is 5.82 Å². The summed E-state index contributed by atoms with van der Waals surface area (Å²) < 4.78 is 1.65. The minimum atomic E-state index is -0.903. The van der Waals surface area contributed by atoms with Crippen molar-refractivity contribution in [2.24, 2.45) is 0 Å². The van der Waals surface area contributed by atoms with Crippen LogP contribution < -0.4 is 5.32 Å². The Morgan fingerprint density at radius 1 is 1.53 bits per heavy atom. The molecule has 2 N–H and O–H groups in total. The second-order valence-electron chi connectivity index (χ2n) is 3.59. The molecular formula is C8H13N5O2. The molecular weight excluding hydrogens is 198 g/mol. The Morgan fingerprint density at radius 2 is 2.27 bits per heavy atom. The first-order chi connectivity index (χ1) is 7.27. The van der Waals surface area contributed by atoms with Crippen molar-refractivity contribution in [3.05, 3.63) is 5.82 Å². The van der Waals surface area contributed by atoms with Crippen molar-refractivity contribution in [2.45, 2.75) is 25.3 Å². The number of carboxylic acids is 1. The lowest BCUT2D eigenvalue weighted by atomic mass is 10.1. The highest BCUT2D eigenvalue weighted by atomic mass is 16.4. The van der Waals surface area contributed by atoms with Gasteiger partial charge in [-0.15, -0.1) is 5.10 Å². The summed E-state index contributed by atoms with van der Waals surface area (Å²) in [7, 11) is 0. The van der Waals surface area contributed by atoms with Crippen molar-refractivity contribution in [3.63, 3.8) is 0 Å². The maximum Gasteiger partial charge on any atom is 0.311 e. The number of hydrogen-bond acceptors (Lipinski definition) is 5. The van der Waals surface area contributed by atoms with Gasteiger partial charge in [0.2, 0.25) is 0 Å². The molecule has 1 aromatic heterocycles. The van der Waals surface area contributed by atoms with Gasteiger partial charge in [0.05, 0.1) is 6.04 Å². The molecule has 0 aliphatic carbocycles. The number of nitrogens with one attached hydrogen (secondary N) is 1. The fourth-order valence-corrected chi connectivity index (χ4v) is 1.80. The summed E-state index contributed by atoms with van der Waals surface area (Å²) in [6.07, 6.45) is 1.77. The van der Waals surface area contributed by atoms with Crippen molar-refractivity contribution in [1.82, 2.24) is 25.5 Å². The smallest absolute Gasteiger partial charge is 0.311 e. The highest BCUT2D eigenvalue weighted by molar-refractivity contribution is 5.68. The lowest BCUT2D eigenvalue weighted by Gasteiger charge is -2.22. The zero-order chi connectivity index (χ0) is 10.7. The van der Waals surface area contributed by atoms with Gasteiger partial charge in [-0.3, -0.25) is 4.79 Å². The van der Waals surface area contributed by atoms with E-state index in [1.165, 1.54) is 0 Å². The Kier molecular flexibility index (Phi) is 2.91. The largest absolute Gasteiger partial charge is 0.481 e. The van der Waals surface area contributed by atoms with Crippen LogP contribution in [-0.2, 0) is 11.2 Å². The van der Waals surface area contributed by atoms with E-state index in [9.17, 15) is 4.79 Å². The van der Waals surface area contributed by atoms with Gasteiger partial charge >= 0.3 is 5.97 Å². The van der Waals surface area contributed by atoms with Gasteiger partial charge in [0, 0.05) is 0 Å². The molecule has 7 nitrogen and oxygen atoms in total. The predicted molar refractivity (Wildman–Crippen MR) is 50.3 cm³/mol. The molecule has 2 rings (SSSR count). The lowest BCUT2D eigenvalue weighted by Crippen LogP contribution is -2.31. The summed E-state index contributed by atoms with van der Waals surface area (Å²) in [5, 5.41) is 23.0. The third-order valence-corrected chi connectivity index (χ3v) is 2.52. The molecule has 0 radical (unpaired) electrons. The zero-order valence-corrected chi connectivity index (χ0v) is 8.26. The van der Waals surface area contributed by atoms with Crippen LogP contribution in [0.25, 0.3) is 0 Å². The summed E-state index contributed by atoms with van der Waals surface area (Å²) in [6.45, 7) is 1.86. The number of nitrogens with zero attached hydrogens (tertiary/aromatic N) is 4. The van der Waals surface area contributed by atoms with Gasteiger partial charge in [0.1, 0.15) is 6.42 Å². The fourth-order valence-electron chi connectivity index (χ4n) is 1.80. The average molecular weight is 211 g/mol. The molecule has 1 aliphatic heterocycles. The Balaban J connectivity index is 2.12. The molecule has 0 aromatic carbocycles.